The first kappa shape index (κ1) is 11.1. The van der Waals surface area contributed by atoms with Crippen molar-refractivity contribution >= 4 is 23.3 Å². The maximum atomic E-state index is 11.6. The summed E-state index contributed by atoms with van der Waals surface area (Å²) < 4.78 is 0. The van der Waals surface area contributed by atoms with Gasteiger partial charge in [0.2, 0.25) is 11.2 Å². The maximum Gasteiger partial charge on any atom is 0.241 e. The van der Waals surface area contributed by atoms with E-state index in [0.717, 1.165) is 17.9 Å². The Kier molecular flexibility index (Phi) is 2.96. The van der Waals surface area contributed by atoms with Crippen LogP contribution in [0.1, 0.15) is 5.56 Å². The van der Waals surface area contributed by atoms with E-state index in [4.69, 9.17) is 11.6 Å². The number of halogens is 1. The zero-order valence-electron chi connectivity index (χ0n) is 9.27. The van der Waals surface area contributed by atoms with Crippen LogP contribution in [0, 0.1) is 6.92 Å². The van der Waals surface area contributed by atoms with Crippen LogP contribution in [0.15, 0.2) is 6.20 Å². The Hall–Kier alpha value is -1.36. The van der Waals surface area contributed by atoms with Crippen molar-refractivity contribution in [2.75, 3.05) is 31.6 Å². The van der Waals surface area contributed by atoms with Gasteiger partial charge in [-0.3, -0.25) is 4.79 Å². The molecule has 1 aliphatic rings. The third-order valence-corrected chi connectivity index (χ3v) is 2.85. The molecule has 1 aromatic heterocycles. The molecule has 0 aliphatic carbocycles. The second kappa shape index (κ2) is 4.25. The second-order valence-corrected chi connectivity index (χ2v) is 4.22. The highest BCUT2D eigenvalue weighted by Crippen LogP contribution is 2.19. The molecule has 1 amide bonds. The number of anilines is 1. The first-order valence-electron chi connectivity index (χ1n) is 5.06. The summed E-state index contributed by atoms with van der Waals surface area (Å²) in [4.78, 5) is 23.3. The lowest BCUT2D eigenvalue weighted by atomic mass is 10.2. The molecule has 0 radical (unpaired) electrons. The Morgan fingerprint density at radius 2 is 2.19 bits per heavy atom. The molecular weight excluding hydrogens is 228 g/mol. The summed E-state index contributed by atoms with van der Waals surface area (Å²) >= 11 is 5.76. The quantitative estimate of drug-likeness (QED) is 0.679. The van der Waals surface area contributed by atoms with Crippen LogP contribution in [-0.2, 0) is 4.79 Å². The van der Waals surface area contributed by atoms with Crippen LogP contribution in [0.3, 0.4) is 0 Å². The topological polar surface area (TPSA) is 49.3 Å². The van der Waals surface area contributed by atoms with Crippen LogP contribution in [-0.4, -0.2) is 47.5 Å². The van der Waals surface area contributed by atoms with Gasteiger partial charge in [-0.05, 0) is 18.5 Å². The highest BCUT2D eigenvalue weighted by molar-refractivity contribution is 6.28. The molecule has 1 fully saturated rings. The lowest BCUT2D eigenvalue weighted by Crippen LogP contribution is -2.49. The Morgan fingerprint density at radius 3 is 2.88 bits per heavy atom. The predicted molar refractivity (Wildman–Crippen MR) is 61.6 cm³/mol. The number of nitrogens with zero attached hydrogens (tertiary/aromatic N) is 4. The molecule has 2 rings (SSSR count). The predicted octanol–water partition coefficient (Wildman–Crippen LogP) is 0.717. The molecule has 0 atom stereocenters. The lowest BCUT2D eigenvalue weighted by molar-refractivity contribution is -0.129. The summed E-state index contributed by atoms with van der Waals surface area (Å²) in [6, 6.07) is 0. The number of aryl methyl sites for hydroxylation is 1. The minimum Gasteiger partial charge on any atom is -0.345 e. The van der Waals surface area contributed by atoms with E-state index in [0.29, 0.717) is 13.1 Å². The number of likely N-dealkylation sites (N-methyl/N-ethyl adjacent to an activating group) is 1. The SMILES string of the molecule is Cc1cnc(Cl)nc1N1CCN(C)C(=O)C1. The van der Waals surface area contributed by atoms with Crippen LogP contribution in [0.4, 0.5) is 5.82 Å². The van der Waals surface area contributed by atoms with Gasteiger partial charge in [0, 0.05) is 31.9 Å². The molecule has 0 bridgehead atoms. The van der Waals surface area contributed by atoms with Crippen molar-refractivity contribution in [3.8, 4) is 0 Å². The van der Waals surface area contributed by atoms with Gasteiger partial charge in [-0.25, -0.2) is 9.97 Å². The molecule has 0 N–H and O–H groups in total. The van der Waals surface area contributed by atoms with Crippen LogP contribution in [0.2, 0.25) is 5.28 Å². The third-order valence-electron chi connectivity index (χ3n) is 2.67. The van der Waals surface area contributed by atoms with Crippen LogP contribution < -0.4 is 4.90 Å². The number of hydrogen-bond acceptors (Lipinski definition) is 4. The molecule has 2 heterocycles. The number of rotatable bonds is 1. The molecule has 0 saturated carbocycles. The minimum absolute atomic E-state index is 0.0976. The molecule has 1 aromatic rings. The van der Waals surface area contributed by atoms with Gasteiger partial charge >= 0.3 is 0 Å². The molecule has 16 heavy (non-hydrogen) atoms. The molecular formula is C10H13ClN4O. The average Bonchev–Trinajstić information content (AvgIpc) is 2.26. The summed E-state index contributed by atoms with van der Waals surface area (Å²) in [6.07, 6.45) is 1.67. The normalized spacial score (nSPS) is 16.8. The van der Waals surface area contributed by atoms with Gasteiger partial charge in [0.1, 0.15) is 5.82 Å². The highest BCUT2D eigenvalue weighted by atomic mass is 35.5. The largest absolute Gasteiger partial charge is 0.345 e. The van der Waals surface area contributed by atoms with Gasteiger partial charge < -0.3 is 9.80 Å². The number of carbonyl (C=O) groups excluding carboxylic acids is 1. The van der Waals surface area contributed by atoms with Crippen molar-refractivity contribution in [2.45, 2.75) is 6.92 Å². The van der Waals surface area contributed by atoms with E-state index in [-0.39, 0.29) is 11.2 Å². The van der Waals surface area contributed by atoms with Crippen molar-refractivity contribution in [3.63, 3.8) is 0 Å². The Labute approximate surface area is 99.0 Å². The van der Waals surface area contributed by atoms with Gasteiger partial charge in [-0.2, -0.15) is 0 Å². The Morgan fingerprint density at radius 1 is 1.44 bits per heavy atom. The van der Waals surface area contributed by atoms with E-state index in [2.05, 4.69) is 9.97 Å². The van der Waals surface area contributed by atoms with E-state index < -0.39 is 0 Å². The molecule has 0 aromatic carbocycles. The van der Waals surface area contributed by atoms with Crippen molar-refractivity contribution in [3.05, 3.63) is 17.0 Å². The zero-order valence-corrected chi connectivity index (χ0v) is 10.0. The molecule has 0 spiro atoms. The second-order valence-electron chi connectivity index (χ2n) is 3.88. The van der Waals surface area contributed by atoms with Crippen LogP contribution in [0.25, 0.3) is 0 Å². The van der Waals surface area contributed by atoms with Gasteiger partial charge in [-0.15, -0.1) is 0 Å². The summed E-state index contributed by atoms with van der Waals surface area (Å²) in [6.45, 7) is 3.75. The van der Waals surface area contributed by atoms with E-state index in [1.54, 1.807) is 18.1 Å². The Balaban J connectivity index is 2.24. The summed E-state index contributed by atoms with van der Waals surface area (Å²) in [5.41, 5.74) is 0.932. The molecule has 0 unspecified atom stereocenters. The van der Waals surface area contributed by atoms with Gasteiger partial charge in [0.25, 0.3) is 0 Å². The first-order chi connectivity index (χ1) is 7.58. The Bertz CT molecular complexity index is 423. The number of amides is 1. The van der Waals surface area contributed by atoms with Crippen molar-refractivity contribution < 1.29 is 4.79 Å². The summed E-state index contributed by atoms with van der Waals surface area (Å²) in [5.74, 6) is 0.849. The van der Waals surface area contributed by atoms with E-state index in [9.17, 15) is 4.79 Å². The van der Waals surface area contributed by atoms with Crippen molar-refractivity contribution in [2.24, 2.45) is 0 Å². The van der Waals surface area contributed by atoms with E-state index in [1.807, 2.05) is 11.8 Å². The minimum atomic E-state index is 0.0976. The standard InChI is InChI=1S/C10H13ClN4O/c1-7-5-12-10(11)13-9(7)15-4-3-14(2)8(16)6-15/h5H,3-4,6H2,1-2H3. The molecule has 1 saturated heterocycles. The number of piperazine rings is 1. The van der Waals surface area contributed by atoms with Crippen LogP contribution >= 0.6 is 11.6 Å². The van der Waals surface area contributed by atoms with Crippen molar-refractivity contribution in [1.29, 1.82) is 0 Å². The molecule has 6 heteroatoms. The highest BCUT2D eigenvalue weighted by Gasteiger charge is 2.23. The number of carbonyl (C=O) groups is 1. The van der Waals surface area contributed by atoms with Crippen molar-refractivity contribution in [1.82, 2.24) is 14.9 Å². The first-order valence-corrected chi connectivity index (χ1v) is 5.44. The monoisotopic (exact) mass is 240 g/mol. The molecule has 5 nitrogen and oxygen atoms in total. The fourth-order valence-electron chi connectivity index (χ4n) is 1.67. The van der Waals surface area contributed by atoms with Gasteiger partial charge in [0.15, 0.2) is 0 Å². The van der Waals surface area contributed by atoms with Gasteiger partial charge in [-0.1, -0.05) is 0 Å². The third kappa shape index (κ3) is 2.09. The number of hydrogen-bond donors (Lipinski definition) is 0. The van der Waals surface area contributed by atoms with E-state index >= 15 is 0 Å². The van der Waals surface area contributed by atoms with Gasteiger partial charge in [0.05, 0.1) is 6.54 Å². The fraction of sp³-hybridized carbons (Fsp3) is 0.500. The lowest BCUT2D eigenvalue weighted by Gasteiger charge is -2.33. The smallest absolute Gasteiger partial charge is 0.241 e. The fourth-order valence-corrected chi connectivity index (χ4v) is 1.80. The maximum absolute atomic E-state index is 11.6. The molecule has 86 valence electrons. The van der Waals surface area contributed by atoms with E-state index in [1.165, 1.54) is 0 Å². The molecule has 1 aliphatic heterocycles. The zero-order chi connectivity index (χ0) is 11.7. The average molecular weight is 241 g/mol. The van der Waals surface area contributed by atoms with Crippen LogP contribution in [0.5, 0.6) is 0 Å². The summed E-state index contributed by atoms with van der Waals surface area (Å²) in [5, 5.41) is 0.215. The summed E-state index contributed by atoms with van der Waals surface area (Å²) in [7, 11) is 1.81. The number of aromatic nitrogens is 2.